The molecule has 0 bridgehead atoms. The molecule has 1 saturated heterocycles. The van der Waals surface area contributed by atoms with Crippen LogP contribution in [0, 0.1) is 0 Å². The number of carboxylic acid groups (broad SMARTS) is 1. The van der Waals surface area contributed by atoms with Gasteiger partial charge in [-0.2, -0.15) is 0 Å². The fourth-order valence-corrected chi connectivity index (χ4v) is 4.19. The van der Waals surface area contributed by atoms with Crippen LogP contribution in [0.3, 0.4) is 0 Å². The predicted octanol–water partition coefficient (Wildman–Crippen LogP) is 3.72. The molecule has 0 radical (unpaired) electrons. The Morgan fingerprint density at radius 1 is 1.07 bits per heavy atom. The van der Waals surface area contributed by atoms with Crippen LogP contribution in [-0.2, 0) is 4.74 Å². The van der Waals surface area contributed by atoms with E-state index in [1.807, 2.05) is 24.3 Å². The standard InChI is InChI=1S/C22H18N2O5/c25-21(26)19-12-29-23-20(19)13-9-24(10-13)22(27)28-11-18-16-7-3-1-5-14(16)15-6-2-4-8-17(15)18/h1-8,12-13,18H,9-11H2,(H,25,26). The topological polar surface area (TPSA) is 92.9 Å². The Bertz CT molecular complexity index is 1050. The lowest BCUT2D eigenvalue weighted by atomic mass is 9.94. The van der Waals surface area contributed by atoms with E-state index < -0.39 is 12.1 Å². The van der Waals surface area contributed by atoms with Gasteiger partial charge >= 0.3 is 12.1 Å². The first-order valence-electron chi connectivity index (χ1n) is 9.41. The molecule has 1 aliphatic heterocycles. The van der Waals surface area contributed by atoms with Crippen molar-refractivity contribution >= 4 is 12.1 Å². The van der Waals surface area contributed by atoms with E-state index in [0.29, 0.717) is 18.8 Å². The summed E-state index contributed by atoms with van der Waals surface area (Å²) in [6, 6.07) is 16.4. The summed E-state index contributed by atoms with van der Waals surface area (Å²) in [7, 11) is 0. The van der Waals surface area contributed by atoms with Gasteiger partial charge in [0.15, 0.2) is 0 Å². The van der Waals surface area contributed by atoms with Crippen LogP contribution in [0.2, 0.25) is 0 Å². The minimum absolute atomic E-state index is 0.0116. The van der Waals surface area contributed by atoms with Crippen molar-refractivity contribution in [3.8, 4) is 11.1 Å². The molecule has 5 rings (SSSR count). The number of hydrogen-bond donors (Lipinski definition) is 1. The number of amides is 1. The van der Waals surface area contributed by atoms with Gasteiger partial charge in [0.05, 0.1) is 0 Å². The quantitative estimate of drug-likeness (QED) is 0.730. The fraction of sp³-hybridized carbons (Fsp3) is 0.227. The van der Waals surface area contributed by atoms with E-state index in [-0.39, 0.29) is 24.0 Å². The summed E-state index contributed by atoms with van der Waals surface area (Å²) in [6.07, 6.45) is 0.719. The zero-order chi connectivity index (χ0) is 20.0. The predicted molar refractivity (Wildman–Crippen MR) is 103 cm³/mol. The van der Waals surface area contributed by atoms with Gasteiger partial charge in [-0.3, -0.25) is 0 Å². The smallest absolute Gasteiger partial charge is 0.409 e. The highest BCUT2D eigenvalue weighted by Crippen LogP contribution is 2.44. The largest absolute Gasteiger partial charge is 0.478 e. The molecule has 1 fully saturated rings. The summed E-state index contributed by atoms with van der Waals surface area (Å²) in [4.78, 5) is 25.2. The van der Waals surface area contributed by atoms with E-state index in [2.05, 4.69) is 29.4 Å². The molecule has 1 amide bonds. The number of aromatic nitrogens is 1. The maximum atomic E-state index is 12.5. The average Bonchev–Trinajstić information content (AvgIpc) is 3.29. The Kier molecular flexibility index (Phi) is 4.08. The SMILES string of the molecule is O=C(O)c1conc1C1CN(C(=O)OCC2c3ccccc3-c3ccccc32)C1. The fourth-order valence-electron chi connectivity index (χ4n) is 4.19. The minimum atomic E-state index is -1.08. The Labute approximate surface area is 166 Å². The van der Waals surface area contributed by atoms with Crippen molar-refractivity contribution in [1.29, 1.82) is 0 Å². The molecule has 0 atom stereocenters. The second-order valence-electron chi connectivity index (χ2n) is 7.32. The molecule has 2 aliphatic rings. The van der Waals surface area contributed by atoms with E-state index >= 15 is 0 Å². The van der Waals surface area contributed by atoms with Crippen molar-refractivity contribution < 1.29 is 24.0 Å². The maximum Gasteiger partial charge on any atom is 0.409 e. The summed E-state index contributed by atoms with van der Waals surface area (Å²) < 4.78 is 10.4. The third-order valence-corrected chi connectivity index (χ3v) is 5.69. The van der Waals surface area contributed by atoms with Crippen LogP contribution in [0.25, 0.3) is 11.1 Å². The van der Waals surface area contributed by atoms with Gasteiger partial charge in [-0.25, -0.2) is 9.59 Å². The molecule has 2 aromatic carbocycles. The zero-order valence-corrected chi connectivity index (χ0v) is 15.4. The molecule has 7 heteroatoms. The van der Waals surface area contributed by atoms with Crippen LogP contribution in [0.15, 0.2) is 59.3 Å². The summed E-state index contributed by atoms with van der Waals surface area (Å²) in [5, 5.41) is 12.9. The Morgan fingerprint density at radius 2 is 1.69 bits per heavy atom. The summed E-state index contributed by atoms with van der Waals surface area (Å²) in [5.41, 5.74) is 5.11. The molecule has 1 N–H and O–H groups in total. The average molecular weight is 390 g/mol. The Hall–Kier alpha value is -3.61. The molecule has 2 heterocycles. The maximum absolute atomic E-state index is 12.5. The Morgan fingerprint density at radius 3 is 2.31 bits per heavy atom. The van der Waals surface area contributed by atoms with Gasteiger partial charge in [-0.1, -0.05) is 53.7 Å². The van der Waals surface area contributed by atoms with E-state index in [4.69, 9.17) is 14.4 Å². The molecule has 3 aromatic rings. The summed E-state index contributed by atoms with van der Waals surface area (Å²) >= 11 is 0. The number of nitrogens with zero attached hydrogens (tertiary/aromatic N) is 2. The highest BCUT2D eigenvalue weighted by atomic mass is 16.6. The van der Waals surface area contributed by atoms with Crippen molar-refractivity contribution in [1.82, 2.24) is 10.1 Å². The van der Waals surface area contributed by atoms with Crippen LogP contribution >= 0.6 is 0 Å². The molecule has 1 aliphatic carbocycles. The number of ether oxygens (including phenoxy) is 1. The lowest BCUT2D eigenvalue weighted by Crippen LogP contribution is -2.49. The van der Waals surface area contributed by atoms with Gasteiger partial charge in [0.25, 0.3) is 0 Å². The number of aromatic carboxylic acids is 1. The lowest BCUT2D eigenvalue weighted by molar-refractivity contribution is 0.0661. The van der Waals surface area contributed by atoms with Gasteiger partial charge < -0.3 is 19.3 Å². The monoisotopic (exact) mass is 390 g/mol. The molecule has 0 spiro atoms. The van der Waals surface area contributed by atoms with Gasteiger partial charge in [0.2, 0.25) is 0 Å². The highest BCUT2D eigenvalue weighted by molar-refractivity contribution is 5.88. The third kappa shape index (κ3) is 2.86. The second-order valence-corrected chi connectivity index (χ2v) is 7.32. The lowest BCUT2D eigenvalue weighted by Gasteiger charge is -2.37. The molecular weight excluding hydrogens is 372 g/mol. The third-order valence-electron chi connectivity index (χ3n) is 5.69. The van der Waals surface area contributed by atoms with Crippen molar-refractivity contribution in [2.45, 2.75) is 11.8 Å². The van der Waals surface area contributed by atoms with E-state index in [1.54, 1.807) is 4.90 Å². The number of carbonyl (C=O) groups excluding carboxylic acids is 1. The van der Waals surface area contributed by atoms with Crippen LogP contribution in [-0.4, -0.2) is 46.9 Å². The molecule has 1 aromatic heterocycles. The number of fused-ring (bicyclic) bond motifs is 3. The van der Waals surface area contributed by atoms with Crippen LogP contribution in [0.1, 0.15) is 39.0 Å². The minimum Gasteiger partial charge on any atom is -0.478 e. The first-order valence-corrected chi connectivity index (χ1v) is 9.41. The van der Waals surface area contributed by atoms with Crippen molar-refractivity contribution in [2.24, 2.45) is 0 Å². The number of carboxylic acids is 1. The van der Waals surface area contributed by atoms with Gasteiger partial charge in [-0.05, 0) is 22.3 Å². The number of benzene rings is 2. The number of hydrogen-bond acceptors (Lipinski definition) is 5. The Balaban J connectivity index is 1.24. The van der Waals surface area contributed by atoms with Gasteiger partial charge in [0.1, 0.15) is 24.1 Å². The van der Waals surface area contributed by atoms with E-state index in [0.717, 1.165) is 17.4 Å². The summed E-state index contributed by atoms with van der Waals surface area (Å²) in [5.74, 6) is -1.22. The number of rotatable bonds is 4. The van der Waals surface area contributed by atoms with Crippen molar-refractivity contribution in [3.63, 3.8) is 0 Å². The van der Waals surface area contributed by atoms with Crippen molar-refractivity contribution in [3.05, 3.63) is 77.2 Å². The normalized spacial score (nSPS) is 15.5. The molecule has 7 nitrogen and oxygen atoms in total. The van der Waals surface area contributed by atoms with Crippen LogP contribution in [0.4, 0.5) is 4.79 Å². The number of likely N-dealkylation sites (tertiary alicyclic amines) is 1. The first-order chi connectivity index (χ1) is 14.1. The first kappa shape index (κ1) is 17.5. The van der Waals surface area contributed by atoms with Crippen LogP contribution < -0.4 is 0 Å². The zero-order valence-electron chi connectivity index (χ0n) is 15.4. The summed E-state index contributed by atoms with van der Waals surface area (Å²) in [6.45, 7) is 0.991. The number of carbonyl (C=O) groups is 2. The van der Waals surface area contributed by atoms with Gasteiger partial charge in [0, 0.05) is 24.9 Å². The van der Waals surface area contributed by atoms with E-state index in [1.165, 1.54) is 11.1 Å². The van der Waals surface area contributed by atoms with Gasteiger partial charge in [-0.15, -0.1) is 0 Å². The molecular formula is C22H18N2O5. The molecule has 0 unspecified atom stereocenters. The van der Waals surface area contributed by atoms with E-state index in [9.17, 15) is 9.59 Å². The molecule has 0 saturated carbocycles. The highest BCUT2D eigenvalue weighted by Gasteiger charge is 2.38. The second kappa shape index (κ2) is 6.77. The van der Waals surface area contributed by atoms with Crippen LogP contribution in [0.5, 0.6) is 0 Å². The molecule has 29 heavy (non-hydrogen) atoms. The van der Waals surface area contributed by atoms with Crippen molar-refractivity contribution in [2.75, 3.05) is 19.7 Å². The molecule has 146 valence electrons.